The number of halogens is 1. The maximum Gasteiger partial charge on any atom is 0.254 e. The number of amides is 1. The molecule has 0 spiro atoms. The molecule has 2 fully saturated rings. The predicted octanol–water partition coefficient (Wildman–Crippen LogP) is 4.70. The Hall–Kier alpha value is -1.29. The van der Waals surface area contributed by atoms with Gasteiger partial charge in [0.1, 0.15) is 17.1 Å². The highest BCUT2D eigenvalue weighted by molar-refractivity contribution is 7.90. The van der Waals surface area contributed by atoms with Gasteiger partial charge in [-0.2, -0.15) is 0 Å². The second-order valence-electron chi connectivity index (χ2n) is 10.7. The topological polar surface area (TPSA) is 83.1 Å². The summed E-state index contributed by atoms with van der Waals surface area (Å²) in [6.07, 6.45) is 2.62. The van der Waals surface area contributed by atoms with Crippen molar-refractivity contribution in [2.75, 3.05) is 26.3 Å². The molecule has 7 nitrogen and oxygen atoms in total. The van der Waals surface area contributed by atoms with Gasteiger partial charge in [0.05, 0.1) is 12.6 Å². The van der Waals surface area contributed by atoms with Crippen LogP contribution in [0, 0.1) is 12.8 Å². The summed E-state index contributed by atoms with van der Waals surface area (Å²) >= 11 is 5.22. The average molecular weight is 527 g/mol. The molecule has 35 heavy (non-hydrogen) atoms. The lowest BCUT2D eigenvalue weighted by atomic mass is 9.85. The van der Waals surface area contributed by atoms with E-state index in [2.05, 4.69) is 11.3 Å². The zero-order valence-corrected chi connectivity index (χ0v) is 23.3. The van der Waals surface area contributed by atoms with Crippen LogP contribution >= 0.6 is 11.6 Å². The summed E-state index contributed by atoms with van der Waals surface area (Å²) in [5, 5.41) is 0.632. The minimum atomic E-state index is -1.31. The van der Waals surface area contributed by atoms with Gasteiger partial charge in [-0.3, -0.25) is 4.79 Å². The van der Waals surface area contributed by atoms with E-state index in [0.29, 0.717) is 30.5 Å². The van der Waals surface area contributed by atoms with Crippen molar-refractivity contribution in [3.05, 3.63) is 40.9 Å². The fourth-order valence-electron chi connectivity index (χ4n) is 4.36. The minimum Gasteiger partial charge on any atom is -0.598 e. The molecule has 2 aliphatic heterocycles. The Labute approximate surface area is 217 Å². The third kappa shape index (κ3) is 7.14. The zero-order chi connectivity index (χ0) is 26.0. The molecule has 1 aromatic rings. The summed E-state index contributed by atoms with van der Waals surface area (Å²) < 4.78 is 33.5. The quantitative estimate of drug-likeness (QED) is 0.390. The summed E-state index contributed by atoms with van der Waals surface area (Å²) in [5.74, 6) is 0.0575. The summed E-state index contributed by atoms with van der Waals surface area (Å²) in [4.78, 5) is 14.9. The van der Waals surface area contributed by atoms with E-state index in [-0.39, 0.29) is 24.5 Å². The first-order valence-electron chi connectivity index (χ1n) is 12.1. The van der Waals surface area contributed by atoms with Crippen LogP contribution in [0.25, 0.3) is 0 Å². The highest BCUT2D eigenvalue weighted by Crippen LogP contribution is 2.40. The lowest BCUT2D eigenvalue weighted by molar-refractivity contribution is -0.161. The summed E-state index contributed by atoms with van der Waals surface area (Å²) in [5.41, 5.74) is 1.78. The molecule has 0 radical (unpaired) electrons. The van der Waals surface area contributed by atoms with Crippen LogP contribution in [-0.2, 0) is 25.6 Å². The van der Waals surface area contributed by atoms with Gasteiger partial charge in [0.25, 0.3) is 5.91 Å². The SMILES string of the molecule is C=CCOc1cc(C)c(Cl)cc1C(N[S+]([O-])C(C)(C)C)C1CCN(C(=O)[C@H]2COC(C)(C)O2)CC1. The Morgan fingerprint density at radius 3 is 2.60 bits per heavy atom. The van der Waals surface area contributed by atoms with E-state index in [1.807, 2.05) is 58.6 Å². The van der Waals surface area contributed by atoms with E-state index in [1.165, 1.54) is 0 Å². The molecule has 196 valence electrons. The van der Waals surface area contributed by atoms with Crippen molar-refractivity contribution in [3.63, 3.8) is 0 Å². The monoisotopic (exact) mass is 526 g/mol. The van der Waals surface area contributed by atoms with Crippen molar-refractivity contribution < 1.29 is 23.6 Å². The van der Waals surface area contributed by atoms with Gasteiger partial charge in [-0.25, -0.2) is 0 Å². The molecule has 3 rings (SSSR count). The van der Waals surface area contributed by atoms with E-state index in [4.69, 9.17) is 25.8 Å². The first-order valence-corrected chi connectivity index (χ1v) is 13.7. The second kappa shape index (κ2) is 11.4. The van der Waals surface area contributed by atoms with Crippen LogP contribution in [0.2, 0.25) is 5.02 Å². The number of hydrogen-bond acceptors (Lipinski definition) is 6. The lowest BCUT2D eigenvalue weighted by Crippen LogP contribution is -2.48. The second-order valence-corrected chi connectivity index (χ2v) is 13.1. The Morgan fingerprint density at radius 2 is 2.06 bits per heavy atom. The van der Waals surface area contributed by atoms with Crippen molar-refractivity contribution in [2.24, 2.45) is 5.92 Å². The van der Waals surface area contributed by atoms with Crippen LogP contribution in [0.4, 0.5) is 0 Å². The van der Waals surface area contributed by atoms with E-state index >= 15 is 0 Å². The van der Waals surface area contributed by atoms with Gasteiger partial charge < -0.3 is 23.7 Å². The number of rotatable bonds is 8. The third-order valence-corrected chi connectivity index (χ3v) is 8.37. The number of aryl methyl sites for hydroxylation is 1. The fourth-order valence-corrected chi connectivity index (χ4v) is 5.43. The molecular weight excluding hydrogens is 488 g/mol. The molecule has 1 N–H and O–H groups in total. The fraction of sp³-hybridized carbons (Fsp3) is 0.654. The van der Waals surface area contributed by atoms with Crippen molar-refractivity contribution in [1.82, 2.24) is 9.62 Å². The third-order valence-electron chi connectivity index (χ3n) is 6.38. The van der Waals surface area contributed by atoms with Crippen molar-refractivity contribution in [1.29, 1.82) is 0 Å². The van der Waals surface area contributed by atoms with Crippen LogP contribution in [-0.4, -0.2) is 58.3 Å². The normalized spacial score (nSPS) is 22.6. The van der Waals surface area contributed by atoms with Crippen LogP contribution in [0.5, 0.6) is 5.75 Å². The van der Waals surface area contributed by atoms with Gasteiger partial charge in [-0.05, 0) is 78.0 Å². The molecule has 2 unspecified atom stereocenters. The van der Waals surface area contributed by atoms with Gasteiger partial charge >= 0.3 is 0 Å². The van der Waals surface area contributed by atoms with Gasteiger partial charge in [0.15, 0.2) is 11.9 Å². The maximum absolute atomic E-state index is 13.2. The predicted molar refractivity (Wildman–Crippen MR) is 140 cm³/mol. The maximum atomic E-state index is 13.2. The molecule has 0 aromatic heterocycles. The number of benzene rings is 1. The average Bonchev–Trinajstić information content (AvgIpc) is 3.16. The number of carbonyl (C=O) groups is 1. The summed E-state index contributed by atoms with van der Waals surface area (Å²) in [6.45, 7) is 17.0. The number of nitrogens with zero attached hydrogens (tertiary/aromatic N) is 1. The van der Waals surface area contributed by atoms with E-state index in [0.717, 1.165) is 24.0 Å². The van der Waals surface area contributed by atoms with Gasteiger partial charge in [0.2, 0.25) is 0 Å². The van der Waals surface area contributed by atoms with Crippen molar-refractivity contribution >= 4 is 28.9 Å². The number of ether oxygens (including phenoxy) is 3. The first kappa shape index (κ1) is 28.3. The Balaban J connectivity index is 1.82. The zero-order valence-electron chi connectivity index (χ0n) is 21.7. The highest BCUT2D eigenvalue weighted by atomic mass is 35.5. The van der Waals surface area contributed by atoms with E-state index < -0.39 is 28.0 Å². The first-order chi connectivity index (χ1) is 16.3. The molecule has 2 aliphatic rings. The smallest absolute Gasteiger partial charge is 0.254 e. The van der Waals surface area contributed by atoms with Crippen LogP contribution < -0.4 is 9.46 Å². The number of hydrogen-bond donors (Lipinski definition) is 1. The Morgan fingerprint density at radius 1 is 1.40 bits per heavy atom. The molecule has 0 bridgehead atoms. The molecule has 2 saturated heterocycles. The van der Waals surface area contributed by atoms with Crippen LogP contribution in [0.1, 0.15) is 64.6 Å². The Bertz CT molecular complexity index is 912. The van der Waals surface area contributed by atoms with Crippen LogP contribution in [0.3, 0.4) is 0 Å². The van der Waals surface area contributed by atoms with Gasteiger partial charge in [-0.15, -0.1) is 4.72 Å². The standard InChI is InChI=1S/C26H39ClN2O5S/c1-8-13-32-21-14-17(2)20(27)15-19(21)23(28-35(31)25(3,4)5)18-9-11-29(12-10-18)24(30)22-16-33-26(6,7)34-22/h8,14-15,18,22-23,28H,1,9-13,16H2,2-7H3/t22-,23?,35?/m1/s1. The molecule has 2 heterocycles. The Kier molecular flexibility index (Phi) is 9.21. The van der Waals surface area contributed by atoms with Crippen molar-refractivity contribution in [2.45, 2.75) is 77.1 Å². The molecule has 0 saturated carbocycles. The highest BCUT2D eigenvalue weighted by Gasteiger charge is 2.41. The molecule has 1 aromatic carbocycles. The van der Waals surface area contributed by atoms with E-state index in [1.54, 1.807) is 6.08 Å². The number of likely N-dealkylation sites (tertiary alicyclic amines) is 1. The number of carbonyl (C=O) groups excluding carboxylic acids is 1. The largest absolute Gasteiger partial charge is 0.598 e. The molecular formula is C26H39ClN2O5S. The van der Waals surface area contributed by atoms with Gasteiger partial charge in [-0.1, -0.05) is 24.3 Å². The summed E-state index contributed by atoms with van der Waals surface area (Å²) in [6, 6.07) is 3.58. The molecule has 1 amide bonds. The van der Waals surface area contributed by atoms with Crippen molar-refractivity contribution in [3.8, 4) is 5.75 Å². The molecule has 3 atom stereocenters. The van der Waals surface area contributed by atoms with Crippen LogP contribution in [0.15, 0.2) is 24.8 Å². The van der Waals surface area contributed by atoms with Gasteiger partial charge in [0, 0.05) is 35.0 Å². The molecule has 9 heteroatoms. The number of piperidine rings is 1. The minimum absolute atomic E-state index is 0.0369. The summed E-state index contributed by atoms with van der Waals surface area (Å²) in [7, 11) is 0. The van der Waals surface area contributed by atoms with E-state index in [9.17, 15) is 9.35 Å². The molecule has 0 aliphatic carbocycles. The lowest BCUT2D eigenvalue weighted by Gasteiger charge is -2.38. The number of nitrogens with one attached hydrogen (secondary N) is 1.